The third-order valence-corrected chi connectivity index (χ3v) is 5.29. The van der Waals surface area contributed by atoms with Gasteiger partial charge in [0.2, 0.25) is 0 Å². The SMILES string of the molecule is Cc1ccc(C2=C(Nc3ccccc3C)C(=O)N(Cc3cccnc3)C2=O)c(C)c1. The number of hydrogen-bond acceptors (Lipinski definition) is 4. The molecule has 1 aliphatic heterocycles. The predicted octanol–water partition coefficient (Wildman–Crippen LogP) is 4.40. The van der Waals surface area contributed by atoms with E-state index in [1.807, 2.05) is 69.3 Å². The number of aryl methyl sites for hydroxylation is 3. The minimum absolute atomic E-state index is 0.179. The highest BCUT2D eigenvalue weighted by Gasteiger charge is 2.39. The van der Waals surface area contributed by atoms with Crippen LogP contribution in [-0.4, -0.2) is 21.7 Å². The van der Waals surface area contributed by atoms with Gasteiger partial charge in [-0.15, -0.1) is 0 Å². The summed E-state index contributed by atoms with van der Waals surface area (Å²) in [6, 6.07) is 17.3. The molecule has 0 unspecified atom stereocenters. The van der Waals surface area contributed by atoms with E-state index >= 15 is 0 Å². The van der Waals surface area contributed by atoms with Crippen molar-refractivity contribution >= 4 is 23.1 Å². The molecule has 2 aromatic carbocycles. The molecule has 150 valence electrons. The lowest BCUT2D eigenvalue weighted by Gasteiger charge is -2.15. The minimum Gasteiger partial charge on any atom is -0.350 e. The number of pyridine rings is 1. The highest BCUT2D eigenvalue weighted by Crippen LogP contribution is 2.33. The summed E-state index contributed by atoms with van der Waals surface area (Å²) in [7, 11) is 0. The lowest BCUT2D eigenvalue weighted by molar-refractivity contribution is -0.137. The van der Waals surface area contributed by atoms with Gasteiger partial charge in [0.15, 0.2) is 0 Å². The molecule has 2 amide bonds. The summed E-state index contributed by atoms with van der Waals surface area (Å²) >= 11 is 0. The van der Waals surface area contributed by atoms with Crippen molar-refractivity contribution in [3.63, 3.8) is 0 Å². The molecule has 1 N–H and O–H groups in total. The van der Waals surface area contributed by atoms with E-state index in [1.54, 1.807) is 18.5 Å². The van der Waals surface area contributed by atoms with Crippen LogP contribution in [0, 0.1) is 20.8 Å². The van der Waals surface area contributed by atoms with Gasteiger partial charge in [0.25, 0.3) is 11.8 Å². The van der Waals surface area contributed by atoms with Gasteiger partial charge in [-0.2, -0.15) is 0 Å². The number of amides is 2. The van der Waals surface area contributed by atoms with Crippen LogP contribution in [0.3, 0.4) is 0 Å². The Bertz CT molecular complexity index is 1170. The van der Waals surface area contributed by atoms with Crippen molar-refractivity contribution < 1.29 is 9.59 Å². The summed E-state index contributed by atoms with van der Waals surface area (Å²) in [5.74, 6) is -0.631. The summed E-state index contributed by atoms with van der Waals surface area (Å²) < 4.78 is 0. The van der Waals surface area contributed by atoms with Crippen molar-refractivity contribution in [2.45, 2.75) is 27.3 Å². The quantitative estimate of drug-likeness (QED) is 0.648. The van der Waals surface area contributed by atoms with Crippen molar-refractivity contribution in [1.82, 2.24) is 9.88 Å². The Morgan fingerprint density at radius 1 is 0.900 bits per heavy atom. The zero-order valence-electron chi connectivity index (χ0n) is 17.3. The van der Waals surface area contributed by atoms with E-state index in [0.717, 1.165) is 33.5 Å². The van der Waals surface area contributed by atoms with Crippen molar-refractivity contribution in [1.29, 1.82) is 0 Å². The van der Waals surface area contributed by atoms with Crippen LogP contribution in [0.15, 0.2) is 72.7 Å². The number of benzene rings is 2. The topological polar surface area (TPSA) is 62.3 Å². The maximum Gasteiger partial charge on any atom is 0.278 e. The molecule has 3 aromatic rings. The third kappa shape index (κ3) is 3.62. The van der Waals surface area contributed by atoms with Gasteiger partial charge >= 0.3 is 0 Å². The van der Waals surface area contributed by atoms with Crippen LogP contribution in [-0.2, 0) is 16.1 Å². The third-order valence-electron chi connectivity index (χ3n) is 5.29. The largest absolute Gasteiger partial charge is 0.350 e. The first kappa shape index (κ1) is 19.6. The predicted molar refractivity (Wildman–Crippen MR) is 117 cm³/mol. The number of nitrogens with zero attached hydrogens (tertiary/aromatic N) is 2. The standard InChI is InChI=1S/C25H23N3O2/c1-16-10-11-20(18(3)13-16)22-23(27-21-9-5-4-7-17(21)2)25(30)28(24(22)29)15-19-8-6-12-26-14-19/h4-14,27H,15H2,1-3H3. The highest BCUT2D eigenvalue weighted by atomic mass is 16.2. The molecule has 1 aromatic heterocycles. The number of aromatic nitrogens is 1. The Morgan fingerprint density at radius 2 is 1.70 bits per heavy atom. The second-order valence-electron chi connectivity index (χ2n) is 7.57. The second kappa shape index (κ2) is 7.95. The first-order valence-electron chi connectivity index (χ1n) is 9.85. The Balaban J connectivity index is 1.80. The normalized spacial score (nSPS) is 13.9. The second-order valence-corrected chi connectivity index (χ2v) is 7.57. The lowest BCUT2D eigenvalue weighted by Crippen LogP contribution is -2.32. The molecule has 0 radical (unpaired) electrons. The Morgan fingerprint density at radius 3 is 2.40 bits per heavy atom. The van der Waals surface area contributed by atoms with Gasteiger partial charge in [-0.25, -0.2) is 0 Å². The van der Waals surface area contributed by atoms with Crippen LogP contribution in [0.1, 0.15) is 27.8 Å². The van der Waals surface area contributed by atoms with Gasteiger partial charge in [0.05, 0.1) is 12.1 Å². The molecule has 0 atom stereocenters. The molecular formula is C25H23N3O2. The number of imide groups is 1. The van der Waals surface area contributed by atoms with Gasteiger partial charge in [0.1, 0.15) is 5.70 Å². The van der Waals surface area contributed by atoms with Gasteiger partial charge in [-0.3, -0.25) is 19.5 Å². The molecule has 0 saturated heterocycles. The van der Waals surface area contributed by atoms with Crippen LogP contribution in [0.5, 0.6) is 0 Å². The number of rotatable bonds is 5. The average molecular weight is 397 g/mol. The first-order valence-corrected chi connectivity index (χ1v) is 9.85. The van der Waals surface area contributed by atoms with E-state index in [0.29, 0.717) is 11.3 Å². The Labute approximate surface area is 176 Å². The monoisotopic (exact) mass is 397 g/mol. The van der Waals surface area contributed by atoms with Crippen LogP contribution in [0.4, 0.5) is 5.69 Å². The van der Waals surface area contributed by atoms with Crippen molar-refractivity contribution in [3.05, 3.63) is 101 Å². The zero-order chi connectivity index (χ0) is 21.3. The molecule has 1 aliphatic rings. The van der Waals surface area contributed by atoms with E-state index in [-0.39, 0.29) is 18.4 Å². The number of anilines is 1. The smallest absolute Gasteiger partial charge is 0.278 e. The highest BCUT2D eigenvalue weighted by molar-refractivity contribution is 6.36. The molecule has 0 fully saturated rings. The molecule has 0 bridgehead atoms. The maximum absolute atomic E-state index is 13.4. The van der Waals surface area contributed by atoms with Gasteiger partial charge < -0.3 is 5.32 Å². The minimum atomic E-state index is -0.331. The summed E-state index contributed by atoms with van der Waals surface area (Å²) in [5, 5.41) is 3.25. The molecule has 4 rings (SSSR count). The number of carbonyl (C=O) groups is 2. The molecule has 0 saturated carbocycles. The molecular weight excluding hydrogens is 374 g/mol. The van der Waals surface area contributed by atoms with E-state index in [2.05, 4.69) is 10.3 Å². The number of carbonyl (C=O) groups excluding carboxylic acids is 2. The number of nitrogens with one attached hydrogen (secondary N) is 1. The fourth-order valence-corrected chi connectivity index (χ4v) is 3.70. The Kier molecular flexibility index (Phi) is 5.19. The summed E-state index contributed by atoms with van der Waals surface area (Å²) in [6.07, 6.45) is 3.34. The van der Waals surface area contributed by atoms with Crippen molar-refractivity contribution in [3.8, 4) is 0 Å². The van der Waals surface area contributed by atoms with Crippen molar-refractivity contribution in [2.75, 3.05) is 5.32 Å². The molecule has 0 spiro atoms. The van der Waals surface area contributed by atoms with Crippen LogP contribution in [0.2, 0.25) is 0 Å². The summed E-state index contributed by atoms with van der Waals surface area (Å²) in [4.78, 5) is 32.2. The first-order chi connectivity index (χ1) is 14.5. The van der Waals surface area contributed by atoms with Crippen LogP contribution < -0.4 is 5.32 Å². The fourth-order valence-electron chi connectivity index (χ4n) is 3.70. The zero-order valence-corrected chi connectivity index (χ0v) is 17.3. The van der Waals surface area contributed by atoms with Gasteiger partial charge in [0, 0.05) is 18.1 Å². The van der Waals surface area contributed by atoms with Crippen LogP contribution >= 0.6 is 0 Å². The van der Waals surface area contributed by atoms with E-state index in [1.165, 1.54) is 4.90 Å². The van der Waals surface area contributed by atoms with Crippen molar-refractivity contribution in [2.24, 2.45) is 0 Å². The molecule has 5 nitrogen and oxygen atoms in total. The summed E-state index contributed by atoms with van der Waals surface area (Å²) in [6.45, 7) is 6.11. The van der Waals surface area contributed by atoms with Gasteiger partial charge in [-0.1, -0.05) is 48.0 Å². The average Bonchev–Trinajstić information content (AvgIpc) is 2.95. The fraction of sp³-hybridized carbons (Fsp3) is 0.160. The summed E-state index contributed by atoms with van der Waals surface area (Å²) in [5.41, 5.74) is 6.15. The Hall–Kier alpha value is -3.73. The molecule has 5 heteroatoms. The molecule has 0 aliphatic carbocycles. The van der Waals surface area contributed by atoms with Gasteiger partial charge in [-0.05, 0) is 55.2 Å². The molecule has 2 heterocycles. The van der Waals surface area contributed by atoms with E-state index in [9.17, 15) is 9.59 Å². The van der Waals surface area contributed by atoms with E-state index in [4.69, 9.17) is 0 Å². The maximum atomic E-state index is 13.4. The number of hydrogen-bond donors (Lipinski definition) is 1. The van der Waals surface area contributed by atoms with Crippen LogP contribution in [0.25, 0.3) is 5.57 Å². The number of para-hydroxylation sites is 1. The van der Waals surface area contributed by atoms with E-state index < -0.39 is 0 Å². The molecule has 30 heavy (non-hydrogen) atoms. The lowest BCUT2D eigenvalue weighted by atomic mass is 9.97.